The zero-order chi connectivity index (χ0) is 20.5. The number of hydrazine groups is 1. The summed E-state index contributed by atoms with van der Waals surface area (Å²) in [5, 5.41) is 11.7. The first-order valence-corrected chi connectivity index (χ1v) is 8.56. The van der Waals surface area contributed by atoms with Crippen LogP contribution < -0.4 is 20.9 Å². The van der Waals surface area contributed by atoms with Crippen LogP contribution in [0.4, 0.5) is 0 Å². The fourth-order valence-corrected chi connectivity index (χ4v) is 2.31. The van der Waals surface area contributed by atoms with Gasteiger partial charge in [0, 0.05) is 0 Å². The van der Waals surface area contributed by atoms with Crippen molar-refractivity contribution in [1.82, 2.24) is 16.2 Å². The number of amides is 3. The second-order valence-electron chi connectivity index (χ2n) is 5.61. The Labute approximate surface area is 166 Å². The maximum Gasteiger partial charge on any atom is 0.276 e. The summed E-state index contributed by atoms with van der Waals surface area (Å²) in [6.07, 6.45) is 0. The van der Waals surface area contributed by atoms with Crippen LogP contribution in [0, 0.1) is 11.3 Å². The van der Waals surface area contributed by atoms with E-state index >= 15 is 0 Å². The molecule has 0 spiro atoms. The van der Waals surface area contributed by atoms with Gasteiger partial charge in [-0.15, -0.1) is 0 Å². The summed E-state index contributed by atoms with van der Waals surface area (Å²) in [6.45, 7) is 1.05. The number of para-hydroxylation sites is 1. The summed E-state index contributed by atoms with van der Waals surface area (Å²) in [5.74, 6) is -1.53. The SMILES string of the molecule is C[C@H](NC(=O)c1ccccc1Cl)C(=O)NNC(=O)COc1ccccc1C#N. The molecule has 0 fully saturated rings. The molecule has 144 valence electrons. The molecule has 2 aromatic rings. The van der Waals surface area contributed by atoms with Gasteiger partial charge >= 0.3 is 0 Å². The Morgan fingerprint density at radius 1 is 1.11 bits per heavy atom. The zero-order valence-corrected chi connectivity index (χ0v) is 15.6. The minimum atomic E-state index is -0.927. The Balaban J connectivity index is 1.79. The molecule has 0 aliphatic heterocycles. The van der Waals surface area contributed by atoms with Crippen molar-refractivity contribution in [3.8, 4) is 11.8 Å². The van der Waals surface area contributed by atoms with Gasteiger partial charge in [-0.2, -0.15) is 5.26 Å². The molecule has 9 heteroatoms. The smallest absolute Gasteiger partial charge is 0.276 e. The third kappa shape index (κ3) is 5.72. The summed E-state index contributed by atoms with van der Waals surface area (Å²) in [7, 11) is 0. The van der Waals surface area contributed by atoms with Gasteiger partial charge < -0.3 is 10.1 Å². The van der Waals surface area contributed by atoms with E-state index in [-0.39, 0.29) is 21.9 Å². The average Bonchev–Trinajstić information content (AvgIpc) is 2.70. The highest BCUT2D eigenvalue weighted by atomic mass is 35.5. The molecule has 0 unspecified atom stereocenters. The molecular weight excluding hydrogens is 384 g/mol. The molecule has 0 aliphatic carbocycles. The van der Waals surface area contributed by atoms with Gasteiger partial charge in [0.15, 0.2) is 6.61 Å². The van der Waals surface area contributed by atoms with Crippen LogP contribution >= 0.6 is 11.6 Å². The third-order valence-corrected chi connectivity index (χ3v) is 3.88. The maximum absolute atomic E-state index is 12.1. The van der Waals surface area contributed by atoms with Gasteiger partial charge in [-0.3, -0.25) is 25.2 Å². The van der Waals surface area contributed by atoms with E-state index in [0.717, 1.165) is 0 Å². The van der Waals surface area contributed by atoms with Crippen molar-refractivity contribution in [2.24, 2.45) is 0 Å². The lowest BCUT2D eigenvalue weighted by molar-refractivity contribution is -0.130. The standard InChI is InChI=1S/C19H17ClN4O4/c1-12(22-19(27)14-7-3-4-8-15(14)20)18(26)24-23-17(25)11-28-16-9-5-2-6-13(16)10-21/h2-9,12H,11H2,1H3,(H,22,27)(H,23,25)(H,24,26)/t12-/m0/s1. The summed E-state index contributed by atoms with van der Waals surface area (Å²) in [5.41, 5.74) is 4.88. The number of ether oxygens (including phenoxy) is 1. The zero-order valence-electron chi connectivity index (χ0n) is 14.9. The molecule has 0 aliphatic rings. The lowest BCUT2D eigenvalue weighted by Crippen LogP contribution is -2.52. The van der Waals surface area contributed by atoms with Gasteiger partial charge in [-0.05, 0) is 31.2 Å². The second kappa shape index (κ2) is 9.94. The van der Waals surface area contributed by atoms with Crippen LogP contribution in [-0.4, -0.2) is 30.4 Å². The molecule has 28 heavy (non-hydrogen) atoms. The number of hydrogen-bond donors (Lipinski definition) is 3. The predicted octanol–water partition coefficient (Wildman–Crippen LogP) is 1.56. The molecule has 0 aromatic heterocycles. The predicted molar refractivity (Wildman–Crippen MR) is 101 cm³/mol. The van der Waals surface area contributed by atoms with Gasteiger partial charge in [0.1, 0.15) is 17.9 Å². The van der Waals surface area contributed by atoms with Crippen molar-refractivity contribution < 1.29 is 19.1 Å². The quantitative estimate of drug-likeness (QED) is 0.635. The number of hydrogen-bond acceptors (Lipinski definition) is 5. The van der Waals surface area contributed by atoms with Crippen molar-refractivity contribution in [1.29, 1.82) is 5.26 Å². The van der Waals surface area contributed by atoms with Crippen molar-refractivity contribution in [2.45, 2.75) is 13.0 Å². The number of carbonyl (C=O) groups is 3. The molecule has 0 saturated heterocycles. The third-order valence-electron chi connectivity index (χ3n) is 3.55. The lowest BCUT2D eigenvalue weighted by Gasteiger charge is -2.15. The molecule has 3 amide bonds. The largest absolute Gasteiger partial charge is 0.482 e. The van der Waals surface area contributed by atoms with Crippen LogP contribution in [0.25, 0.3) is 0 Å². The van der Waals surface area contributed by atoms with Gasteiger partial charge in [0.2, 0.25) is 0 Å². The highest BCUT2D eigenvalue weighted by molar-refractivity contribution is 6.33. The van der Waals surface area contributed by atoms with Gasteiger partial charge in [0.25, 0.3) is 17.7 Å². The van der Waals surface area contributed by atoms with Crippen LogP contribution in [0.2, 0.25) is 5.02 Å². The van der Waals surface area contributed by atoms with Crippen molar-refractivity contribution in [3.05, 3.63) is 64.7 Å². The maximum atomic E-state index is 12.1. The average molecular weight is 401 g/mol. The Morgan fingerprint density at radius 2 is 1.79 bits per heavy atom. The number of benzene rings is 2. The normalized spacial score (nSPS) is 10.9. The van der Waals surface area contributed by atoms with Crippen LogP contribution in [0.5, 0.6) is 5.75 Å². The molecule has 8 nitrogen and oxygen atoms in total. The van der Waals surface area contributed by atoms with E-state index in [2.05, 4.69) is 16.2 Å². The van der Waals surface area contributed by atoms with Gasteiger partial charge in [0.05, 0.1) is 16.1 Å². The molecule has 2 aromatic carbocycles. The summed E-state index contributed by atoms with van der Waals surface area (Å²) < 4.78 is 5.25. The van der Waals surface area contributed by atoms with Crippen molar-refractivity contribution in [3.63, 3.8) is 0 Å². The number of carbonyl (C=O) groups excluding carboxylic acids is 3. The first-order valence-electron chi connectivity index (χ1n) is 8.18. The van der Waals surface area contributed by atoms with E-state index in [9.17, 15) is 14.4 Å². The fourth-order valence-electron chi connectivity index (χ4n) is 2.09. The van der Waals surface area contributed by atoms with E-state index in [0.29, 0.717) is 0 Å². The number of nitrogens with zero attached hydrogens (tertiary/aromatic N) is 1. The van der Waals surface area contributed by atoms with E-state index in [1.807, 2.05) is 6.07 Å². The molecule has 0 bridgehead atoms. The van der Waals surface area contributed by atoms with Gasteiger partial charge in [-0.1, -0.05) is 35.9 Å². The lowest BCUT2D eigenvalue weighted by atomic mass is 10.2. The van der Waals surface area contributed by atoms with Crippen LogP contribution in [0.3, 0.4) is 0 Å². The first kappa shape index (κ1) is 20.7. The molecule has 0 heterocycles. The first-order chi connectivity index (χ1) is 13.4. The highest BCUT2D eigenvalue weighted by Crippen LogP contribution is 2.16. The Morgan fingerprint density at radius 3 is 2.50 bits per heavy atom. The van der Waals surface area contributed by atoms with Gasteiger partial charge in [-0.25, -0.2) is 0 Å². The Hall–Kier alpha value is -3.57. The highest BCUT2D eigenvalue weighted by Gasteiger charge is 2.18. The van der Waals surface area contributed by atoms with E-state index in [4.69, 9.17) is 21.6 Å². The number of halogens is 1. The second-order valence-corrected chi connectivity index (χ2v) is 6.02. The minimum absolute atomic E-state index is 0.234. The minimum Gasteiger partial charge on any atom is -0.482 e. The van der Waals surface area contributed by atoms with Crippen LogP contribution in [0.15, 0.2) is 48.5 Å². The van der Waals surface area contributed by atoms with E-state index in [1.54, 1.807) is 42.5 Å². The number of nitrogens with one attached hydrogen (secondary N) is 3. The van der Waals surface area contributed by atoms with E-state index in [1.165, 1.54) is 13.0 Å². The van der Waals surface area contributed by atoms with Crippen LogP contribution in [0.1, 0.15) is 22.8 Å². The molecular formula is C19H17ClN4O4. The van der Waals surface area contributed by atoms with E-state index < -0.39 is 30.4 Å². The molecule has 0 saturated carbocycles. The molecule has 3 N–H and O–H groups in total. The number of nitriles is 1. The molecule has 2 rings (SSSR count). The molecule has 1 atom stereocenters. The summed E-state index contributed by atoms with van der Waals surface area (Å²) in [6, 6.07) is 13.9. The summed E-state index contributed by atoms with van der Waals surface area (Å²) in [4.78, 5) is 35.9. The van der Waals surface area contributed by atoms with Crippen molar-refractivity contribution >= 4 is 29.3 Å². The van der Waals surface area contributed by atoms with Crippen molar-refractivity contribution in [2.75, 3.05) is 6.61 Å². The monoisotopic (exact) mass is 400 g/mol. The van der Waals surface area contributed by atoms with Crippen LogP contribution in [-0.2, 0) is 9.59 Å². The fraction of sp³-hybridized carbons (Fsp3) is 0.158. The topological polar surface area (TPSA) is 120 Å². The summed E-state index contributed by atoms with van der Waals surface area (Å²) >= 11 is 5.94. The molecule has 0 radical (unpaired) electrons. The number of rotatable bonds is 6. The Bertz CT molecular complexity index is 926. The Kier molecular flexibility index (Phi) is 7.37.